The zero-order valence-electron chi connectivity index (χ0n) is 12.2. The van der Waals surface area contributed by atoms with E-state index in [0.29, 0.717) is 0 Å². The predicted molar refractivity (Wildman–Crippen MR) is 77.8 cm³/mol. The minimum atomic E-state index is -0.410. The van der Waals surface area contributed by atoms with Crippen molar-refractivity contribution in [1.29, 1.82) is 0 Å². The van der Waals surface area contributed by atoms with E-state index in [1.165, 1.54) is 0 Å². The lowest BCUT2D eigenvalue weighted by Gasteiger charge is -2.28. The third-order valence-electron chi connectivity index (χ3n) is 3.86. The van der Waals surface area contributed by atoms with Gasteiger partial charge in [-0.15, -0.1) is 0 Å². The van der Waals surface area contributed by atoms with Gasteiger partial charge in [0, 0.05) is 5.56 Å². The first-order chi connectivity index (χ1) is 9.60. The van der Waals surface area contributed by atoms with Crippen molar-refractivity contribution in [2.75, 3.05) is 7.11 Å². The number of carbonyl (C=O) groups is 1. The number of aryl methyl sites for hydroxylation is 1. The zero-order valence-corrected chi connectivity index (χ0v) is 12.2. The lowest BCUT2D eigenvalue weighted by molar-refractivity contribution is -0.122. The highest BCUT2D eigenvalue weighted by Gasteiger charge is 2.24. The monoisotopic (exact) mass is 277 g/mol. The van der Waals surface area contributed by atoms with Gasteiger partial charge in [-0.3, -0.25) is 4.79 Å². The topological polar surface area (TPSA) is 58.6 Å². The summed E-state index contributed by atoms with van der Waals surface area (Å²) in [6.07, 6.45) is 3.62. The molecular weight excluding hydrogens is 254 g/mol. The number of aliphatic hydroxyl groups excluding tert-OH is 1. The first kappa shape index (κ1) is 14.9. The second-order valence-electron chi connectivity index (χ2n) is 5.52. The molecule has 2 N–H and O–H groups in total. The van der Waals surface area contributed by atoms with Crippen molar-refractivity contribution in [2.24, 2.45) is 0 Å². The van der Waals surface area contributed by atoms with Crippen LogP contribution in [0.5, 0.6) is 5.75 Å². The molecule has 0 aliphatic heterocycles. The van der Waals surface area contributed by atoms with Crippen molar-refractivity contribution in [3.8, 4) is 5.75 Å². The van der Waals surface area contributed by atoms with Crippen molar-refractivity contribution in [1.82, 2.24) is 5.32 Å². The molecule has 2 atom stereocenters. The molecule has 1 aromatic rings. The molecular formula is C16H23NO3. The summed E-state index contributed by atoms with van der Waals surface area (Å²) < 4.78 is 5.28. The highest BCUT2D eigenvalue weighted by molar-refractivity contribution is 5.79. The molecule has 0 bridgehead atoms. The Morgan fingerprint density at radius 2 is 2.15 bits per heavy atom. The number of methoxy groups -OCH3 is 1. The number of hydrogen-bond acceptors (Lipinski definition) is 3. The minimum Gasteiger partial charge on any atom is -0.496 e. The van der Waals surface area contributed by atoms with Gasteiger partial charge in [-0.2, -0.15) is 0 Å². The van der Waals surface area contributed by atoms with Crippen molar-refractivity contribution >= 4 is 5.91 Å². The molecule has 110 valence electrons. The van der Waals surface area contributed by atoms with E-state index in [1.54, 1.807) is 7.11 Å². The zero-order chi connectivity index (χ0) is 14.5. The maximum absolute atomic E-state index is 12.1. The minimum absolute atomic E-state index is 0.0557. The second-order valence-corrected chi connectivity index (χ2v) is 5.52. The van der Waals surface area contributed by atoms with E-state index in [1.807, 2.05) is 25.1 Å². The molecule has 0 spiro atoms. The fourth-order valence-electron chi connectivity index (χ4n) is 2.76. The van der Waals surface area contributed by atoms with Crippen LogP contribution in [0.4, 0.5) is 0 Å². The van der Waals surface area contributed by atoms with E-state index in [9.17, 15) is 9.90 Å². The average molecular weight is 277 g/mol. The van der Waals surface area contributed by atoms with Crippen molar-refractivity contribution in [3.63, 3.8) is 0 Å². The molecule has 1 amide bonds. The molecule has 4 nitrogen and oxygen atoms in total. The summed E-state index contributed by atoms with van der Waals surface area (Å²) in [7, 11) is 1.61. The molecule has 0 unspecified atom stereocenters. The van der Waals surface area contributed by atoms with Gasteiger partial charge in [0.2, 0.25) is 5.91 Å². The Labute approximate surface area is 120 Å². The van der Waals surface area contributed by atoms with Gasteiger partial charge in [-0.05, 0) is 25.8 Å². The maximum Gasteiger partial charge on any atom is 0.224 e. The van der Waals surface area contributed by atoms with Crippen LogP contribution in [0.3, 0.4) is 0 Å². The van der Waals surface area contributed by atoms with Gasteiger partial charge in [0.25, 0.3) is 0 Å². The number of rotatable bonds is 4. The largest absolute Gasteiger partial charge is 0.496 e. The SMILES string of the molecule is COc1ccc(C)cc1CC(=O)N[C@H]1CCCC[C@@H]1O. The average Bonchev–Trinajstić information content (AvgIpc) is 2.41. The number of carbonyl (C=O) groups excluding carboxylic acids is 1. The smallest absolute Gasteiger partial charge is 0.224 e. The molecule has 0 saturated heterocycles. The van der Waals surface area contributed by atoms with Crippen LogP contribution in [0, 0.1) is 6.92 Å². The highest BCUT2D eigenvalue weighted by atomic mass is 16.5. The molecule has 1 fully saturated rings. The summed E-state index contributed by atoms with van der Waals surface area (Å²) in [5.74, 6) is 0.676. The van der Waals surface area contributed by atoms with E-state index < -0.39 is 6.10 Å². The summed E-state index contributed by atoms with van der Waals surface area (Å²) >= 11 is 0. The number of amides is 1. The van der Waals surface area contributed by atoms with Gasteiger partial charge in [0.1, 0.15) is 5.75 Å². The van der Waals surface area contributed by atoms with E-state index in [-0.39, 0.29) is 18.4 Å². The molecule has 1 aliphatic rings. The summed E-state index contributed by atoms with van der Waals surface area (Å²) in [5.41, 5.74) is 1.99. The molecule has 0 radical (unpaired) electrons. The van der Waals surface area contributed by atoms with Crippen LogP contribution in [0.2, 0.25) is 0 Å². The Bertz CT molecular complexity index is 473. The van der Waals surface area contributed by atoms with Crippen LogP contribution in [0.1, 0.15) is 36.8 Å². The summed E-state index contributed by atoms with van der Waals surface area (Å²) in [6, 6.07) is 5.71. The molecule has 1 saturated carbocycles. The molecule has 20 heavy (non-hydrogen) atoms. The number of hydrogen-bond donors (Lipinski definition) is 2. The van der Waals surface area contributed by atoms with Crippen molar-refractivity contribution < 1.29 is 14.6 Å². The van der Waals surface area contributed by atoms with Crippen LogP contribution >= 0.6 is 0 Å². The molecule has 1 aromatic carbocycles. The Morgan fingerprint density at radius 3 is 2.85 bits per heavy atom. The van der Waals surface area contributed by atoms with Crippen molar-refractivity contribution in [2.45, 2.75) is 51.2 Å². The number of aliphatic hydroxyl groups is 1. The van der Waals surface area contributed by atoms with Crippen LogP contribution in [0.15, 0.2) is 18.2 Å². The quantitative estimate of drug-likeness (QED) is 0.884. The molecule has 4 heteroatoms. The normalized spacial score (nSPS) is 22.4. The number of ether oxygens (including phenoxy) is 1. The van der Waals surface area contributed by atoms with Crippen molar-refractivity contribution in [3.05, 3.63) is 29.3 Å². The fourth-order valence-corrected chi connectivity index (χ4v) is 2.76. The van der Waals surface area contributed by atoms with Gasteiger partial charge < -0.3 is 15.2 Å². The van der Waals surface area contributed by atoms with Crippen LogP contribution in [0.25, 0.3) is 0 Å². The van der Waals surface area contributed by atoms with E-state index in [2.05, 4.69) is 5.32 Å². The summed E-state index contributed by atoms with van der Waals surface area (Å²) in [5, 5.41) is 12.8. The molecule has 0 aromatic heterocycles. The Hall–Kier alpha value is -1.55. The van der Waals surface area contributed by atoms with Gasteiger partial charge in [0.05, 0.1) is 25.7 Å². The molecule has 1 aliphatic carbocycles. The molecule has 2 rings (SSSR count). The number of nitrogens with one attached hydrogen (secondary N) is 1. The first-order valence-electron chi connectivity index (χ1n) is 7.21. The Balaban J connectivity index is 1.99. The van der Waals surface area contributed by atoms with Gasteiger partial charge >= 0.3 is 0 Å². The lowest BCUT2D eigenvalue weighted by Crippen LogP contribution is -2.45. The Morgan fingerprint density at radius 1 is 1.40 bits per heavy atom. The van der Waals surface area contributed by atoms with E-state index >= 15 is 0 Å². The predicted octanol–water partition coefficient (Wildman–Crippen LogP) is 1.97. The van der Waals surface area contributed by atoms with Crippen LogP contribution in [-0.2, 0) is 11.2 Å². The Kier molecular flexibility index (Phi) is 5.01. The lowest BCUT2D eigenvalue weighted by atomic mass is 9.92. The molecule has 0 heterocycles. The second kappa shape index (κ2) is 6.75. The van der Waals surface area contributed by atoms with E-state index in [0.717, 1.165) is 42.6 Å². The van der Waals surface area contributed by atoms with Gasteiger partial charge in [0.15, 0.2) is 0 Å². The maximum atomic E-state index is 12.1. The summed E-state index contributed by atoms with van der Waals surface area (Å²) in [4.78, 5) is 12.1. The van der Waals surface area contributed by atoms with E-state index in [4.69, 9.17) is 4.74 Å². The third kappa shape index (κ3) is 3.73. The summed E-state index contributed by atoms with van der Waals surface area (Å²) in [6.45, 7) is 1.99. The fraction of sp³-hybridized carbons (Fsp3) is 0.562. The van der Waals surface area contributed by atoms with Gasteiger partial charge in [-0.25, -0.2) is 0 Å². The number of benzene rings is 1. The van der Waals surface area contributed by atoms with Gasteiger partial charge in [-0.1, -0.05) is 30.5 Å². The highest BCUT2D eigenvalue weighted by Crippen LogP contribution is 2.21. The third-order valence-corrected chi connectivity index (χ3v) is 3.86. The van der Waals surface area contributed by atoms with Crippen LogP contribution in [-0.4, -0.2) is 30.3 Å². The standard InChI is InChI=1S/C16H23NO3/c1-11-7-8-15(20-2)12(9-11)10-16(19)17-13-5-3-4-6-14(13)18/h7-9,13-14,18H,3-6,10H2,1-2H3,(H,17,19)/t13-,14-/m0/s1. The first-order valence-corrected chi connectivity index (χ1v) is 7.21. The van der Waals surface area contributed by atoms with Crippen LogP contribution < -0.4 is 10.1 Å².